The zero-order chi connectivity index (χ0) is 15.7. The standard InChI is InChI=1S/C17H21F2NO/c1-3-12-6-5-9-17(10-12,11-20)16(2,21)13-7-4-8-14(18)15(13)19/h4,7-8,12,21H,3,5-6,9-10H2,1-2H3. The van der Waals surface area contributed by atoms with E-state index in [2.05, 4.69) is 13.0 Å². The first-order valence-corrected chi connectivity index (χ1v) is 7.46. The van der Waals surface area contributed by atoms with Crippen LogP contribution in [0.25, 0.3) is 0 Å². The number of hydrogen-bond donors (Lipinski definition) is 1. The van der Waals surface area contributed by atoms with E-state index in [1.807, 2.05) is 0 Å². The summed E-state index contributed by atoms with van der Waals surface area (Å²) in [7, 11) is 0. The molecule has 0 aliphatic heterocycles. The summed E-state index contributed by atoms with van der Waals surface area (Å²) in [6.07, 6.45) is 3.78. The Bertz CT molecular complexity index is 564. The Balaban J connectivity index is 2.49. The second-order valence-corrected chi connectivity index (χ2v) is 6.24. The van der Waals surface area contributed by atoms with Gasteiger partial charge in [0.1, 0.15) is 5.60 Å². The van der Waals surface area contributed by atoms with Crippen molar-refractivity contribution in [2.75, 3.05) is 0 Å². The number of rotatable bonds is 3. The fourth-order valence-corrected chi connectivity index (χ4v) is 3.53. The zero-order valence-electron chi connectivity index (χ0n) is 12.5. The summed E-state index contributed by atoms with van der Waals surface area (Å²) in [5, 5.41) is 20.6. The van der Waals surface area contributed by atoms with E-state index in [1.165, 1.54) is 19.1 Å². The van der Waals surface area contributed by atoms with Crippen LogP contribution in [-0.2, 0) is 5.60 Å². The van der Waals surface area contributed by atoms with E-state index in [1.54, 1.807) is 0 Å². The minimum absolute atomic E-state index is 0.124. The predicted molar refractivity (Wildman–Crippen MR) is 76.2 cm³/mol. The molecule has 21 heavy (non-hydrogen) atoms. The molecule has 114 valence electrons. The zero-order valence-corrected chi connectivity index (χ0v) is 12.5. The van der Waals surface area contributed by atoms with Gasteiger partial charge in [-0.25, -0.2) is 8.78 Å². The average molecular weight is 293 g/mol. The first-order chi connectivity index (χ1) is 9.88. The molecule has 0 aromatic heterocycles. The predicted octanol–water partition coefficient (Wildman–Crippen LogP) is 4.28. The molecule has 1 aromatic carbocycles. The highest BCUT2D eigenvalue weighted by atomic mass is 19.2. The van der Waals surface area contributed by atoms with Crippen molar-refractivity contribution in [2.45, 2.75) is 51.6 Å². The summed E-state index contributed by atoms with van der Waals surface area (Å²) in [6.45, 7) is 3.49. The minimum atomic E-state index is -1.71. The lowest BCUT2D eigenvalue weighted by Gasteiger charge is -2.45. The minimum Gasteiger partial charge on any atom is -0.384 e. The van der Waals surface area contributed by atoms with E-state index < -0.39 is 22.7 Å². The van der Waals surface area contributed by atoms with Crippen LogP contribution in [0.1, 0.15) is 51.5 Å². The van der Waals surface area contributed by atoms with Gasteiger partial charge in [-0.05, 0) is 31.7 Å². The molecular weight excluding hydrogens is 272 g/mol. The maximum absolute atomic E-state index is 14.1. The Labute approximate surface area is 124 Å². The summed E-state index contributed by atoms with van der Waals surface area (Å²) < 4.78 is 27.6. The van der Waals surface area contributed by atoms with Gasteiger partial charge in [0.2, 0.25) is 0 Å². The van der Waals surface area contributed by atoms with Crippen molar-refractivity contribution in [1.82, 2.24) is 0 Å². The molecule has 1 aromatic rings. The third kappa shape index (κ3) is 2.55. The summed E-state index contributed by atoms with van der Waals surface area (Å²) in [6, 6.07) is 5.98. The Hall–Kier alpha value is -1.47. The molecule has 0 spiro atoms. The lowest BCUT2D eigenvalue weighted by molar-refractivity contribution is -0.0764. The summed E-state index contributed by atoms with van der Waals surface area (Å²) in [5.74, 6) is -1.72. The molecule has 3 atom stereocenters. The fourth-order valence-electron chi connectivity index (χ4n) is 3.53. The maximum Gasteiger partial charge on any atom is 0.164 e. The molecule has 0 radical (unpaired) electrons. The van der Waals surface area contributed by atoms with E-state index in [9.17, 15) is 19.1 Å². The Kier molecular flexibility index (Phi) is 4.34. The largest absolute Gasteiger partial charge is 0.384 e. The Morgan fingerprint density at radius 2 is 2.19 bits per heavy atom. The van der Waals surface area contributed by atoms with E-state index in [4.69, 9.17) is 0 Å². The number of nitrogens with zero attached hydrogens (tertiary/aromatic N) is 1. The highest BCUT2D eigenvalue weighted by molar-refractivity contribution is 5.30. The van der Waals surface area contributed by atoms with Gasteiger partial charge in [-0.15, -0.1) is 0 Å². The molecule has 1 aliphatic rings. The van der Waals surface area contributed by atoms with Crippen molar-refractivity contribution < 1.29 is 13.9 Å². The van der Waals surface area contributed by atoms with Crippen LogP contribution in [0.3, 0.4) is 0 Å². The maximum atomic E-state index is 14.1. The van der Waals surface area contributed by atoms with Crippen molar-refractivity contribution >= 4 is 0 Å². The lowest BCUT2D eigenvalue weighted by atomic mass is 9.59. The van der Waals surface area contributed by atoms with Crippen LogP contribution in [-0.4, -0.2) is 5.11 Å². The average Bonchev–Trinajstić information content (AvgIpc) is 2.49. The molecule has 0 saturated heterocycles. The van der Waals surface area contributed by atoms with Gasteiger partial charge in [-0.3, -0.25) is 0 Å². The number of hydrogen-bond acceptors (Lipinski definition) is 2. The van der Waals surface area contributed by atoms with Gasteiger partial charge in [-0.2, -0.15) is 5.26 Å². The summed E-state index contributed by atoms with van der Waals surface area (Å²) in [4.78, 5) is 0. The highest BCUT2D eigenvalue weighted by Crippen LogP contribution is 2.52. The van der Waals surface area contributed by atoms with Crippen LogP contribution in [0.2, 0.25) is 0 Å². The summed E-state index contributed by atoms with van der Waals surface area (Å²) >= 11 is 0. The molecule has 0 amide bonds. The molecule has 4 heteroatoms. The Morgan fingerprint density at radius 3 is 2.81 bits per heavy atom. The molecule has 2 rings (SSSR count). The molecule has 0 heterocycles. The van der Waals surface area contributed by atoms with Gasteiger partial charge in [0.25, 0.3) is 0 Å². The van der Waals surface area contributed by atoms with Crippen molar-refractivity contribution in [2.24, 2.45) is 11.3 Å². The molecule has 1 aliphatic carbocycles. The fraction of sp³-hybridized carbons (Fsp3) is 0.588. The van der Waals surface area contributed by atoms with Crippen LogP contribution in [0.5, 0.6) is 0 Å². The number of benzene rings is 1. The smallest absolute Gasteiger partial charge is 0.164 e. The van der Waals surface area contributed by atoms with Gasteiger partial charge in [-0.1, -0.05) is 38.3 Å². The van der Waals surface area contributed by atoms with Crippen LogP contribution in [0.15, 0.2) is 18.2 Å². The molecule has 1 fully saturated rings. The number of nitriles is 1. The van der Waals surface area contributed by atoms with Crippen LogP contribution < -0.4 is 0 Å². The van der Waals surface area contributed by atoms with Gasteiger partial charge in [0.05, 0.1) is 11.5 Å². The highest BCUT2D eigenvalue weighted by Gasteiger charge is 2.52. The first kappa shape index (κ1) is 15.9. The second kappa shape index (κ2) is 5.73. The third-order valence-corrected chi connectivity index (χ3v) is 5.05. The van der Waals surface area contributed by atoms with Crippen molar-refractivity contribution in [3.63, 3.8) is 0 Å². The van der Waals surface area contributed by atoms with Crippen molar-refractivity contribution in [3.8, 4) is 6.07 Å². The van der Waals surface area contributed by atoms with Crippen LogP contribution in [0, 0.1) is 34.3 Å². The molecule has 1 saturated carbocycles. The monoisotopic (exact) mass is 293 g/mol. The second-order valence-electron chi connectivity index (χ2n) is 6.24. The topological polar surface area (TPSA) is 44.0 Å². The van der Waals surface area contributed by atoms with Crippen molar-refractivity contribution in [3.05, 3.63) is 35.4 Å². The van der Waals surface area contributed by atoms with E-state index in [-0.39, 0.29) is 5.56 Å². The quantitative estimate of drug-likeness (QED) is 0.903. The van der Waals surface area contributed by atoms with Gasteiger partial charge in [0, 0.05) is 5.56 Å². The van der Waals surface area contributed by atoms with Crippen LogP contribution in [0.4, 0.5) is 8.78 Å². The molecule has 2 nitrogen and oxygen atoms in total. The number of halogens is 2. The SMILES string of the molecule is CCC1CCCC(C#N)(C(C)(O)c2cccc(F)c2F)C1. The van der Waals surface area contributed by atoms with Crippen LogP contribution >= 0.6 is 0 Å². The molecule has 1 N–H and O–H groups in total. The number of aliphatic hydroxyl groups is 1. The molecular formula is C17H21F2NO. The van der Waals surface area contributed by atoms with E-state index >= 15 is 0 Å². The van der Waals surface area contributed by atoms with Gasteiger partial charge >= 0.3 is 0 Å². The first-order valence-electron chi connectivity index (χ1n) is 7.46. The van der Waals surface area contributed by atoms with E-state index in [0.717, 1.165) is 25.3 Å². The Morgan fingerprint density at radius 1 is 1.48 bits per heavy atom. The lowest BCUT2D eigenvalue weighted by Crippen LogP contribution is -2.46. The molecule has 0 bridgehead atoms. The normalized spacial score (nSPS) is 28.7. The third-order valence-electron chi connectivity index (χ3n) is 5.05. The van der Waals surface area contributed by atoms with E-state index in [0.29, 0.717) is 18.8 Å². The van der Waals surface area contributed by atoms with Crippen molar-refractivity contribution in [1.29, 1.82) is 5.26 Å². The van der Waals surface area contributed by atoms with Gasteiger partial charge in [0.15, 0.2) is 11.6 Å². The molecule has 3 unspecified atom stereocenters. The van der Waals surface area contributed by atoms with Gasteiger partial charge < -0.3 is 5.11 Å². The summed E-state index contributed by atoms with van der Waals surface area (Å²) in [5.41, 5.74) is -2.90.